The molecule has 0 aliphatic carbocycles. The maximum Gasteiger partial charge on any atom is 0.305 e. The Balaban J connectivity index is 3.80. The number of nitrogens with zero attached hydrogens (tertiary/aromatic N) is 1. The van der Waals surface area contributed by atoms with E-state index in [-0.39, 0.29) is 12.3 Å². The van der Waals surface area contributed by atoms with Gasteiger partial charge in [-0.3, -0.25) is 9.59 Å². The minimum absolute atomic E-state index is 0.0310. The average Bonchev–Trinajstić information content (AvgIpc) is 2.03. The second-order valence-electron chi connectivity index (χ2n) is 3.00. The molecule has 1 amide bonds. The van der Waals surface area contributed by atoms with Gasteiger partial charge >= 0.3 is 5.97 Å². The van der Waals surface area contributed by atoms with Crippen LogP contribution in [0, 0.1) is 0 Å². The van der Waals surface area contributed by atoms with Crippen molar-refractivity contribution < 1.29 is 14.7 Å². The van der Waals surface area contributed by atoms with E-state index in [1.807, 2.05) is 6.92 Å². The molecule has 0 bridgehead atoms. The highest BCUT2D eigenvalue weighted by molar-refractivity contribution is 5.74. The molecule has 0 aliphatic heterocycles. The molecule has 4 heteroatoms. The molecule has 0 aliphatic rings. The number of carboxylic acids is 1. The van der Waals surface area contributed by atoms with Gasteiger partial charge in [-0.05, 0) is 6.42 Å². The van der Waals surface area contributed by atoms with Crippen LogP contribution < -0.4 is 0 Å². The minimum atomic E-state index is -0.859. The zero-order chi connectivity index (χ0) is 10.3. The van der Waals surface area contributed by atoms with Gasteiger partial charge in [-0.1, -0.05) is 13.3 Å². The van der Waals surface area contributed by atoms with E-state index in [4.69, 9.17) is 5.11 Å². The quantitative estimate of drug-likeness (QED) is 0.677. The predicted octanol–water partition coefficient (Wildman–Crippen LogP) is 1.11. The second kappa shape index (κ2) is 6.46. The molecule has 0 fully saturated rings. The molecular weight excluding hydrogens is 170 g/mol. The van der Waals surface area contributed by atoms with E-state index in [1.54, 1.807) is 4.90 Å². The zero-order valence-electron chi connectivity index (χ0n) is 8.25. The summed E-state index contributed by atoms with van der Waals surface area (Å²) in [6.07, 6.45) is 1.97. The Morgan fingerprint density at radius 3 is 2.31 bits per heavy atom. The van der Waals surface area contributed by atoms with Gasteiger partial charge in [0.15, 0.2) is 0 Å². The molecule has 0 aromatic heterocycles. The first-order valence-electron chi connectivity index (χ1n) is 4.55. The molecule has 0 atom stereocenters. The van der Waals surface area contributed by atoms with E-state index in [0.29, 0.717) is 13.1 Å². The monoisotopic (exact) mass is 187 g/mol. The molecule has 0 radical (unpaired) electrons. The number of carbonyl (C=O) groups is 2. The molecule has 0 rings (SSSR count). The van der Waals surface area contributed by atoms with Crippen molar-refractivity contribution in [1.82, 2.24) is 4.90 Å². The lowest BCUT2D eigenvalue weighted by Crippen LogP contribution is -2.31. The molecular formula is C9H17NO3. The van der Waals surface area contributed by atoms with Crippen LogP contribution in [0.4, 0.5) is 0 Å². The molecule has 0 unspecified atom stereocenters. The molecule has 76 valence electrons. The van der Waals surface area contributed by atoms with Crippen LogP contribution in [0.1, 0.15) is 33.1 Å². The first-order chi connectivity index (χ1) is 6.07. The van der Waals surface area contributed by atoms with Gasteiger partial charge in [-0.15, -0.1) is 0 Å². The van der Waals surface area contributed by atoms with Crippen LogP contribution in [0.5, 0.6) is 0 Å². The van der Waals surface area contributed by atoms with E-state index >= 15 is 0 Å². The van der Waals surface area contributed by atoms with Gasteiger partial charge in [-0.2, -0.15) is 0 Å². The molecule has 0 aromatic rings. The molecule has 4 nitrogen and oxygen atoms in total. The van der Waals surface area contributed by atoms with E-state index in [9.17, 15) is 9.59 Å². The summed E-state index contributed by atoms with van der Waals surface area (Å²) in [4.78, 5) is 22.8. The molecule has 0 spiro atoms. The standard InChI is InChI=1S/C9H17NO3/c1-3-4-6-10(8(2)11)7-5-9(12)13/h3-7H2,1-2H3,(H,12,13). The second-order valence-corrected chi connectivity index (χ2v) is 3.00. The molecule has 0 aromatic carbocycles. The van der Waals surface area contributed by atoms with E-state index < -0.39 is 5.97 Å². The molecule has 1 N–H and O–H groups in total. The Bertz CT molecular complexity index is 180. The Labute approximate surface area is 78.5 Å². The summed E-state index contributed by atoms with van der Waals surface area (Å²) < 4.78 is 0. The van der Waals surface area contributed by atoms with Crippen molar-refractivity contribution in [3.05, 3.63) is 0 Å². The van der Waals surface area contributed by atoms with Gasteiger partial charge in [-0.25, -0.2) is 0 Å². The number of carboxylic acid groups (broad SMARTS) is 1. The van der Waals surface area contributed by atoms with Gasteiger partial charge in [0, 0.05) is 20.0 Å². The van der Waals surface area contributed by atoms with Crippen LogP contribution in [-0.4, -0.2) is 35.0 Å². The molecule has 0 saturated heterocycles. The van der Waals surface area contributed by atoms with Crippen LogP contribution in [0.2, 0.25) is 0 Å². The van der Waals surface area contributed by atoms with Crippen LogP contribution in [-0.2, 0) is 9.59 Å². The minimum Gasteiger partial charge on any atom is -0.481 e. The fourth-order valence-electron chi connectivity index (χ4n) is 1.01. The number of aliphatic carboxylic acids is 1. The Morgan fingerprint density at radius 2 is 1.92 bits per heavy atom. The molecule has 13 heavy (non-hydrogen) atoms. The van der Waals surface area contributed by atoms with E-state index in [2.05, 4.69) is 0 Å². The highest BCUT2D eigenvalue weighted by atomic mass is 16.4. The van der Waals surface area contributed by atoms with Gasteiger partial charge in [0.2, 0.25) is 5.91 Å². The SMILES string of the molecule is CCCCN(CCC(=O)O)C(C)=O. The number of amides is 1. The lowest BCUT2D eigenvalue weighted by molar-refractivity contribution is -0.138. The lowest BCUT2D eigenvalue weighted by atomic mass is 10.3. The van der Waals surface area contributed by atoms with Gasteiger partial charge in [0.1, 0.15) is 0 Å². The number of rotatable bonds is 6. The van der Waals surface area contributed by atoms with Crippen molar-refractivity contribution in [3.8, 4) is 0 Å². The summed E-state index contributed by atoms with van der Waals surface area (Å²) in [5.74, 6) is -0.905. The lowest BCUT2D eigenvalue weighted by Gasteiger charge is -2.19. The summed E-state index contributed by atoms with van der Waals surface area (Å²) >= 11 is 0. The average molecular weight is 187 g/mol. The maximum absolute atomic E-state index is 11.0. The number of carbonyl (C=O) groups excluding carboxylic acids is 1. The summed E-state index contributed by atoms with van der Waals surface area (Å²) in [6.45, 7) is 4.50. The molecule has 0 saturated carbocycles. The first kappa shape index (κ1) is 11.9. The number of hydrogen-bond donors (Lipinski definition) is 1. The normalized spacial score (nSPS) is 9.69. The summed E-state index contributed by atoms with van der Waals surface area (Å²) in [6, 6.07) is 0. The van der Waals surface area contributed by atoms with Crippen LogP contribution in [0.25, 0.3) is 0 Å². The van der Waals surface area contributed by atoms with Crippen molar-refractivity contribution in [3.63, 3.8) is 0 Å². The van der Waals surface area contributed by atoms with E-state index in [1.165, 1.54) is 6.92 Å². The highest BCUT2D eigenvalue weighted by Crippen LogP contribution is 1.97. The summed E-state index contributed by atoms with van der Waals surface area (Å²) in [5, 5.41) is 8.43. The first-order valence-corrected chi connectivity index (χ1v) is 4.55. The predicted molar refractivity (Wildman–Crippen MR) is 49.4 cm³/mol. The van der Waals surface area contributed by atoms with E-state index in [0.717, 1.165) is 12.8 Å². The third-order valence-electron chi connectivity index (χ3n) is 1.82. The summed E-state index contributed by atoms with van der Waals surface area (Å²) in [5.41, 5.74) is 0. The Morgan fingerprint density at radius 1 is 1.31 bits per heavy atom. The van der Waals surface area contributed by atoms with Crippen LogP contribution >= 0.6 is 0 Å². The van der Waals surface area contributed by atoms with Gasteiger partial charge < -0.3 is 10.0 Å². The third kappa shape index (κ3) is 6.13. The summed E-state index contributed by atoms with van der Waals surface area (Å²) in [7, 11) is 0. The van der Waals surface area contributed by atoms with Gasteiger partial charge in [0.25, 0.3) is 0 Å². The van der Waals surface area contributed by atoms with Crippen molar-refractivity contribution in [2.75, 3.05) is 13.1 Å². The smallest absolute Gasteiger partial charge is 0.305 e. The Hall–Kier alpha value is -1.06. The van der Waals surface area contributed by atoms with Crippen molar-refractivity contribution in [2.45, 2.75) is 33.1 Å². The molecule has 0 heterocycles. The van der Waals surface area contributed by atoms with Crippen molar-refractivity contribution >= 4 is 11.9 Å². The zero-order valence-corrected chi connectivity index (χ0v) is 8.25. The fraction of sp³-hybridized carbons (Fsp3) is 0.778. The van der Waals surface area contributed by atoms with Crippen molar-refractivity contribution in [1.29, 1.82) is 0 Å². The third-order valence-corrected chi connectivity index (χ3v) is 1.82. The maximum atomic E-state index is 11.0. The fourth-order valence-corrected chi connectivity index (χ4v) is 1.01. The van der Waals surface area contributed by atoms with Crippen LogP contribution in [0.3, 0.4) is 0 Å². The number of unbranched alkanes of at least 4 members (excludes halogenated alkanes) is 1. The number of hydrogen-bond acceptors (Lipinski definition) is 2. The van der Waals surface area contributed by atoms with Gasteiger partial charge in [0.05, 0.1) is 6.42 Å². The Kier molecular flexibility index (Phi) is 5.93. The largest absolute Gasteiger partial charge is 0.481 e. The highest BCUT2D eigenvalue weighted by Gasteiger charge is 2.09. The van der Waals surface area contributed by atoms with Crippen LogP contribution in [0.15, 0.2) is 0 Å². The topological polar surface area (TPSA) is 57.6 Å². The van der Waals surface area contributed by atoms with Crippen molar-refractivity contribution in [2.24, 2.45) is 0 Å².